The van der Waals surface area contributed by atoms with Crippen LogP contribution in [0.1, 0.15) is 27.0 Å². The van der Waals surface area contributed by atoms with Crippen molar-refractivity contribution in [1.82, 2.24) is 0 Å². The fourth-order valence-corrected chi connectivity index (χ4v) is 2.99. The maximum atomic E-state index is 12.4. The average molecular weight is 353 g/mol. The maximum Gasteiger partial charge on any atom is 0.255 e. The Labute approximate surface area is 132 Å². The number of carbonyl (C=O) groups excluding carboxylic acids is 1. The number of amides is 1. The van der Waals surface area contributed by atoms with Crippen LogP contribution in [0.25, 0.3) is 0 Å². The highest BCUT2D eigenvalue weighted by Gasteiger charge is 2.13. The Morgan fingerprint density at radius 3 is 2.25 bits per heavy atom. The molecule has 20 heavy (non-hydrogen) atoms. The number of halogens is 2. The molecule has 0 atom stereocenters. The summed E-state index contributed by atoms with van der Waals surface area (Å²) in [6.07, 6.45) is 0. The van der Waals surface area contributed by atoms with E-state index in [4.69, 9.17) is 11.6 Å². The lowest BCUT2D eigenvalue weighted by Gasteiger charge is -2.13. The van der Waals surface area contributed by atoms with Crippen molar-refractivity contribution in [3.8, 4) is 0 Å². The van der Waals surface area contributed by atoms with Crippen LogP contribution in [0.3, 0.4) is 0 Å². The molecule has 1 amide bonds. The van der Waals surface area contributed by atoms with Crippen molar-refractivity contribution in [3.05, 3.63) is 62.1 Å². The summed E-state index contributed by atoms with van der Waals surface area (Å²) in [5.41, 5.74) is 4.38. The third kappa shape index (κ3) is 3.22. The summed E-state index contributed by atoms with van der Waals surface area (Å²) in [5, 5.41) is 3.53. The number of anilines is 1. The van der Waals surface area contributed by atoms with Crippen molar-refractivity contribution in [2.24, 2.45) is 0 Å². The molecule has 0 aliphatic carbocycles. The molecule has 0 saturated carbocycles. The monoisotopic (exact) mass is 351 g/mol. The minimum Gasteiger partial charge on any atom is -0.321 e. The highest BCUT2D eigenvalue weighted by molar-refractivity contribution is 9.10. The largest absolute Gasteiger partial charge is 0.321 e. The van der Waals surface area contributed by atoms with E-state index in [2.05, 4.69) is 21.2 Å². The van der Waals surface area contributed by atoms with E-state index in [0.29, 0.717) is 10.6 Å². The van der Waals surface area contributed by atoms with Gasteiger partial charge in [0.2, 0.25) is 0 Å². The van der Waals surface area contributed by atoms with Crippen LogP contribution in [0.15, 0.2) is 34.8 Å². The zero-order valence-corrected chi connectivity index (χ0v) is 13.9. The topological polar surface area (TPSA) is 29.1 Å². The standard InChI is InChI=1S/C16H15BrClNO/c1-9-4-5-13(18)8-14(9)16(20)19-15-10(2)6-12(17)7-11(15)3/h4-8H,1-3H3,(H,19,20). The molecule has 4 heteroatoms. The van der Waals surface area contributed by atoms with Gasteiger partial charge in [0.15, 0.2) is 0 Å². The van der Waals surface area contributed by atoms with E-state index in [1.165, 1.54) is 0 Å². The highest BCUT2D eigenvalue weighted by Crippen LogP contribution is 2.26. The van der Waals surface area contributed by atoms with Gasteiger partial charge in [0, 0.05) is 20.7 Å². The fraction of sp³-hybridized carbons (Fsp3) is 0.188. The van der Waals surface area contributed by atoms with Gasteiger partial charge in [0.1, 0.15) is 0 Å². The second kappa shape index (κ2) is 5.98. The lowest BCUT2D eigenvalue weighted by molar-refractivity contribution is 0.102. The molecule has 2 rings (SSSR count). The molecule has 0 saturated heterocycles. The normalized spacial score (nSPS) is 10.4. The van der Waals surface area contributed by atoms with E-state index < -0.39 is 0 Å². The summed E-state index contributed by atoms with van der Waals surface area (Å²) >= 11 is 9.41. The van der Waals surface area contributed by atoms with Crippen molar-refractivity contribution in [2.75, 3.05) is 5.32 Å². The van der Waals surface area contributed by atoms with Crippen molar-refractivity contribution in [2.45, 2.75) is 20.8 Å². The molecule has 2 aromatic carbocycles. The Kier molecular flexibility index (Phi) is 4.51. The third-order valence-corrected chi connectivity index (χ3v) is 3.87. The first-order valence-electron chi connectivity index (χ1n) is 6.22. The third-order valence-electron chi connectivity index (χ3n) is 3.18. The number of nitrogens with one attached hydrogen (secondary N) is 1. The molecule has 0 spiro atoms. The Hall–Kier alpha value is -1.32. The van der Waals surface area contributed by atoms with Gasteiger partial charge in [-0.05, 0) is 61.7 Å². The van der Waals surface area contributed by atoms with Crippen molar-refractivity contribution in [1.29, 1.82) is 0 Å². The molecular weight excluding hydrogens is 338 g/mol. The van der Waals surface area contributed by atoms with Gasteiger partial charge >= 0.3 is 0 Å². The van der Waals surface area contributed by atoms with E-state index in [-0.39, 0.29) is 5.91 Å². The molecule has 104 valence electrons. The minimum atomic E-state index is -0.140. The first kappa shape index (κ1) is 15.1. The minimum absolute atomic E-state index is 0.140. The van der Waals surface area contributed by atoms with Crippen molar-refractivity contribution >= 4 is 39.1 Å². The molecule has 0 fully saturated rings. The smallest absolute Gasteiger partial charge is 0.255 e. The zero-order chi connectivity index (χ0) is 14.9. The Morgan fingerprint density at radius 2 is 1.65 bits per heavy atom. The summed E-state index contributed by atoms with van der Waals surface area (Å²) in [4.78, 5) is 12.4. The summed E-state index contributed by atoms with van der Waals surface area (Å²) < 4.78 is 1.00. The van der Waals surface area contributed by atoms with Gasteiger partial charge in [-0.3, -0.25) is 4.79 Å². The number of aryl methyl sites for hydroxylation is 3. The van der Waals surface area contributed by atoms with E-state index in [1.54, 1.807) is 12.1 Å². The summed E-state index contributed by atoms with van der Waals surface area (Å²) in [5.74, 6) is -0.140. The number of rotatable bonds is 2. The summed E-state index contributed by atoms with van der Waals surface area (Å²) in [6, 6.07) is 9.28. The van der Waals surface area contributed by atoms with Gasteiger partial charge in [-0.25, -0.2) is 0 Å². The Morgan fingerprint density at radius 1 is 1.05 bits per heavy atom. The number of hydrogen-bond acceptors (Lipinski definition) is 1. The molecule has 2 nitrogen and oxygen atoms in total. The second-order valence-corrected chi connectivity index (χ2v) is 6.18. The van der Waals surface area contributed by atoms with Crippen LogP contribution < -0.4 is 5.32 Å². The number of benzene rings is 2. The highest BCUT2D eigenvalue weighted by atomic mass is 79.9. The van der Waals surface area contributed by atoms with E-state index in [1.807, 2.05) is 39.0 Å². The van der Waals surface area contributed by atoms with Crippen molar-refractivity contribution in [3.63, 3.8) is 0 Å². The van der Waals surface area contributed by atoms with Crippen LogP contribution in [-0.2, 0) is 0 Å². The van der Waals surface area contributed by atoms with Crippen LogP contribution >= 0.6 is 27.5 Å². The quantitative estimate of drug-likeness (QED) is 0.782. The first-order chi connectivity index (χ1) is 9.38. The predicted molar refractivity (Wildman–Crippen MR) is 87.8 cm³/mol. The van der Waals surface area contributed by atoms with Crippen LogP contribution in [0, 0.1) is 20.8 Å². The molecule has 0 unspecified atom stereocenters. The first-order valence-corrected chi connectivity index (χ1v) is 7.40. The van der Waals surface area contributed by atoms with E-state index >= 15 is 0 Å². The SMILES string of the molecule is Cc1ccc(Cl)cc1C(=O)Nc1c(C)cc(Br)cc1C. The maximum absolute atomic E-state index is 12.4. The molecule has 0 bridgehead atoms. The van der Waals surface area contributed by atoms with Gasteiger partial charge < -0.3 is 5.32 Å². The molecule has 1 N–H and O–H groups in total. The molecule has 0 radical (unpaired) electrons. The number of carbonyl (C=O) groups is 1. The molecule has 0 aliphatic heterocycles. The fourth-order valence-electron chi connectivity index (χ4n) is 2.13. The summed E-state index contributed by atoms with van der Waals surface area (Å²) in [7, 11) is 0. The average Bonchev–Trinajstić information content (AvgIpc) is 2.36. The molecular formula is C16H15BrClNO. The van der Waals surface area contributed by atoms with Gasteiger partial charge in [-0.1, -0.05) is 33.6 Å². The van der Waals surface area contributed by atoms with E-state index in [9.17, 15) is 4.79 Å². The van der Waals surface area contributed by atoms with Crippen LogP contribution in [0.5, 0.6) is 0 Å². The molecule has 0 heterocycles. The second-order valence-electron chi connectivity index (χ2n) is 4.83. The van der Waals surface area contributed by atoms with Gasteiger partial charge in [0.25, 0.3) is 5.91 Å². The summed E-state index contributed by atoms with van der Waals surface area (Å²) in [6.45, 7) is 5.84. The van der Waals surface area contributed by atoms with Gasteiger partial charge in [-0.15, -0.1) is 0 Å². The zero-order valence-electron chi connectivity index (χ0n) is 11.6. The van der Waals surface area contributed by atoms with Crippen LogP contribution in [0.2, 0.25) is 5.02 Å². The van der Waals surface area contributed by atoms with E-state index in [0.717, 1.165) is 26.9 Å². The Bertz CT molecular complexity index is 659. The lowest BCUT2D eigenvalue weighted by Crippen LogP contribution is -2.15. The molecule has 2 aromatic rings. The number of hydrogen-bond donors (Lipinski definition) is 1. The predicted octanol–water partition coefficient (Wildman–Crippen LogP) is 5.28. The van der Waals surface area contributed by atoms with Gasteiger partial charge in [-0.2, -0.15) is 0 Å². The van der Waals surface area contributed by atoms with Crippen LogP contribution in [-0.4, -0.2) is 5.91 Å². The molecule has 0 aromatic heterocycles. The lowest BCUT2D eigenvalue weighted by atomic mass is 10.1. The van der Waals surface area contributed by atoms with Crippen LogP contribution in [0.4, 0.5) is 5.69 Å². The Balaban J connectivity index is 2.35. The molecule has 0 aliphatic rings. The van der Waals surface area contributed by atoms with Crippen molar-refractivity contribution < 1.29 is 4.79 Å². The van der Waals surface area contributed by atoms with Gasteiger partial charge in [0.05, 0.1) is 0 Å².